The molecule has 104 valence electrons. The molecule has 0 aromatic carbocycles. The third-order valence-electron chi connectivity index (χ3n) is 2.60. The van der Waals surface area contributed by atoms with E-state index in [4.69, 9.17) is 14.2 Å². The summed E-state index contributed by atoms with van der Waals surface area (Å²) in [5.74, 6) is -0.0863. The topological polar surface area (TPSA) is 83.7 Å². The Balaban J connectivity index is 2.05. The van der Waals surface area contributed by atoms with E-state index in [1.54, 1.807) is 0 Å². The van der Waals surface area contributed by atoms with Crippen LogP contribution in [-0.4, -0.2) is 48.6 Å². The summed E-state index contributed by atoms with van der Waals surface area (Å²) in [5, 5.41) is 10.8. The lowest BCUT2D eigenvalue weighted by molar-refractivity contribution is -0.386. The quantitative estimate of drug-likeness (QED) is 0.570. The van der Waals surface area contributed by atoms with Crippen LogP contribution >= 0.6 is 0 Å². The first-order chi connectivity index (χ1) is 9.22. The summed E-state index contributed by atoms with van der Waals surface area (Å²) in [7, 11) is 0. The number of hydrogen-bond donors (Lipinski definition) is 0. The molecule has 0 amide bonds. The van der Waals surface area contributed by atoms with E-state index >= 15 is 0 Å². The number of nitro groups is 1. The first kappa shape index (κ1) is 13.6. The molecule has 2 heterocycles. The van der Waals surface area contributed by atoms with E-state index in [-0.39, 0.29) is 31.4 Å². The van der Waals surface area contributed by atoms with Crippen LogP contribution in [0.3, 0.4) is 0 Å². The van der Waals surface area contributed by atoms with E-state index in [0.717, 1.165) is 0 Å². The lowest BCUT2D eigenvalue weighted by atomic mass is 10.2. The van der Waals surface area contributed by atoms with Crippen molar-refractivity contribution in [3.8, 4) is 5.88 Å². The maximum atomic E-state index is 12.1. The molecule has 1 aliphatic heterocycles. The minimum Gasteiger partial charge on any atom is -0.464 e. The Bertz CT molecular complexity index is 445. The fourth-order valence-corrected chi connectivity index (χ4v) is 1.73. The Morgan fingerprint density at radius 2 is 2.32 bits per heavy atom. The number of ether oxygens (including phenoxy) is 3. The molecule has 0 bridgehead atoms. The van der Waals surface area contributed by atoms with Crippen molar-refractivity contribution in [2.45, 2.75) is 12.2 Å². The molecule has 0 unspecified atom stereocenters. The second kappa shape index (κ2) is 6.39. The van der Waals surface area contributed by atoms with Gasteiger partial charge in [0.05, 0.1) is 24.7 Å². The van der Waals surface area contributed by atoms with E-state index < -0.39 is 23.8 Å². The summed E-state index contributed by atoms with van der Waals surface area (Å²) in [6.07, 6.45) is 0.424. The van der Waals surface area contributed by atoms with Crippen LogP contribution < -0.4 is 4.74 Å². The Morgan fingerprint density at radius 1 is 1.53 bits per heavy atom. The first-order valence-electron chi connectivity index (χ1n) is 5.73. The molecule has 0 spiro atoms. The number of nitrogens with zero attached hydrogens (tertiary/aromatic N) is 2. The molecule has 0 aliphatic carbocycles. The zero-order valence-electron chi connectivity index (χ0n) is 10.0. The summed E-state index contributed by atoms with van der Waals surface area (Å²) in [5.41, 5.74) is -0.223. The molecule has 0 N–H and O–H groups in total. The number of halogens is 1. The minimum absolute atomic E-state index is 0.0573. The lowest BCUT2D eigenvalue weighted by Gasteiger charge is -2.18. The Morgan fingerprint density at radius 3 is 3.05 bits per heavy atom. The summed E-state index contributed by atoms with van der Waals surface area (Å²) < 4.78 is 27.9. The number of hydrogen-bond acceptors (Lipinski definition) is 6. The summed E-state index contributed by atoms with van der Waals surface area (Å²) in [4.78, 5) is 14.1. The summed E-state index contributed by atoms with van der Waals surface area (Å²) in [6, 6.07) is 2.75. The Hall–Kier alpha value is -1.80. The van der Waals surface area contributed by atoms with Crippen molar-refractivity contribution in [2.75, 3.05) is 26.5 Å². The molecular weight excluding hydrogens is 259 g/mol. The molecule has 8 heteroatoms. The van der Waals surface area contributed by atoms with E-state index in [1.165, 1.54) is 18.3 Å². The van der Waals surface area contributed by atoms with Gasteiger partial charge in [-0.3, -0.25) is 10.1 Å². The maximum Gasteiger partial charge on any atom is 0.330 e. The van der Waals surface area contributed by atoms with Crippen molar-refractivity contribution in [1.29, 1.82) is 0 Å². The van der Waals surface area contributed by atoms with Crippen LogP contribution in [0.15, 0.2) is 18.3 Å². The van der Waals surface area contributed by atoms with Gasteiger partial charge in [0, 0.05) is 12.3 Å². The lowest BCUT2D eigenvalue weighted by Crippen LogP contribution is -2.33. The van der Waals surface area contributed by atoms with E-state index in [1.807, 2.05) is 0 Å². The van der Waals surface area contributed by atoms with Crippen molar-refractivity contribution >= 4 is 5.69 Å². The van der Waals surface area contributed by atoms with Crippen LogP contribution in [-0.2, 0) is 9.47 Å². The molecule has 1 aromatic rings. The highest BCUT2D eigenvalue weighted by Gasteiger charge is 2.33. The molecule has 0 saturated carbocycles. The highest BCUT2D eigenvalue weighted by atomic mass is 19.1. The van der Waals surface area contributed by atoms with Gasteiger partial charge in [0.1, 0.15) is 12.8 Å². The van der Waals surface area contributed by atoms with Gasteiger partial charge in [-0.15, -0.1) is 0 Å². The van der Waals surface area contributed by atoms with Gasteiger partial charge < -0.3 is 14.2 Å². The van der Waals surface area contributed by atoms with Gasteiger partial charge >= 0.3 is 5.69 Å². The van der Waals surface area contributed by atoms with Gasteiger partial charge in [0.2, 0.25) is 0 Å². The van der Waals surface area contributed by atoms with Crippen molar-refractivity contribution in [3.63, 3.8) is 0 Å². The first-order valence-corrected chi connectivity index (χ1v) is 5.73. The molecule has 0 radical (unpaired) electrons. The third kappa shape index (κ3) is 3.36. The monoisotopic (exact) mass is 272 g/mol. The SMILES string of the molecule is O=[N+]([O-])c1cccnc1O[C@H]1COC[C@H]1OCCF. The standard InChI is InChI=1S/C11H13FN2O5/c12-3-5-18-9-6-17-7-10(9)19-11-8(14(15)16)2-1-4-13-11/h1-2,4,9-10H,3,5-7H2/t9-,10+/m1/s1. The molecule has 7 nitrogen and oxygen atoms in total. The average molecular weight is 272 g/mol. The molecule has 19 heavy (non-hydrogen) atoms. The van der Waals surface area contributed by atoms with Crippen LogP contribution in [0.2, 0.25) is 0 Å². The molecule has 1 saturated heterocycles. The molecule has 1 aromatic heterocycles. The maximum absolute atomic E-state index is 12.1. The van der Waals surface area contributed by atoms with Gasteiger partial charge in [0.25, 0.3) is 5.88 Å². The predicted octanol–water partition coefficient (Wildman–Crippen LogP) is 1.12. The molecule has 2 rings (SSSR count). The highest BCUT2D eigenvalue weighted by molar-refractivity contribution is 5.39. The van der Waals surface area contributed by atoms with Gasteiger partial charge in [0.15, 0.2) is 6.10 Å². The normalized spacial score (nSPS) is 22.4. The van der Waals surface area contributed by atoms with Crippen LogP contribution in [0.1, 0.15) is 0 Å². The zero-order valence-corrected chi connectivity index (χ0v) is 10.0. The zero-order chi connectivity index (χ0) is 13.7. The number of aromatic nitrogens is 1. The van der Waals surface area contributed by atoms with Gasteiger partial charge in [-0.1, -0.05) is 0 Å². The second-order valence-electron chi connectivity index (χ2n) is 3.88. The largest absolute Gasteiger partial charge is 0.464 e. The number of rotatable bonds is 6. The molecular formula is C11H13FN2O5. The Labute approximate surface area is 108 Å². The van der Waals surface area contributed by atoms with Crippen molar-refractivity contribution in [2.24, 2.45) is 0 Å². The van der Waals surface area contributed by atoms with Crippen LogP contribution in [0.5, 0.6) is 5.88 Å². The van der Waals surface area contributed by atoms with Crippen LogP contribution in [0, 0.1) is 10.1 Å². The van der Waals surface area contributed by atoms with Gasteiger partial charge in [-0.05, 0) is 6.07 Å². The minimum atomic E-state index is -0.604. The van der Waals surface area contributed by atoms with Crippen molar-refractivity contribution in [3.05, 3.63) is 28.4 Å². The van der Waals surface area contributed by atoms with Crippen LogP contribution in [0.25, 0.3) is 0 Å². The smallest absolute Gasteiger partial charge is 0.330 e. The fraction of sp³-hybridized carbons (Fsp3) is 0.545. The molecule has 1 fully saturated rings. The predicted molar refractivity (Wildman–Crippen MR) is 61.8 cm³/mol. The van der Waals surface area contributed by atoms with E-state index in [9.17, 15) is 14.5 Å². The van der Waals surface area contributed by atoms with Gasteiger partial charge in [-0.2, -0.15) is 0 Å². The number of pyridine rings is 1. The van der Waals surface area contributed by atoms with E-state index in [0.29, 0.717) is 0 Å². The highest BCUT2D eigenvalue weighted by Crippen LogP contribution is 2.26. The molecule has 2 atom stereocenters. The summed E-state index contributed by atoms with van der Waals surface area (Å²) >= 11 is 0. The van der Waals surface area contributed by atoms with Crippen molar-refractivity contribution in [1.82, 2.24) is 4.98 Å². The van der Waals surface area contributed by atoms with E-state index in [2.05, 4.69) is 4.98 Å². The Kier molecular flexibility index (Phi) is 4.58. The third-order valence-corrected chi connectivity index (χ3v) is 2.60. The second-order valence-corrected chi connectivity index (χ2v) is 3.88. The van der Waals surface area contributed by atoms with Gasteiger partial charge in [-0.25, -0.2) is 9.37 Å². The number of alkyl halides is 1. The van der Waals surface area contributed by atoms with Crippen LogP contribution in [0.4, 0.5) is 10.1 Å². The molecule has 1 aliphatic rings. The summed E-state index contributed by atoms with van der Waals surface area (Å²) in [6.45, 7) is -0.166. The van der Waals surface area contributed by atoms with Crippen molar-refractivity contribution < 1.29 is 23.5 Å². The average Bonchev–Trinajstić information content (AvgIpc) is 2.84. The fourth-order valence-electron chi connectivity index (χ4n) is 1.73.